The first-order valence-electron chi connectivity index (χ1n) is 4.54. The summed E-state index contributed by atoms with van der Waals surface area (Å²) in [6.07, 6.45) is 0.639. The number of carbonyl (C=O) groups is 1. The maximum absolute atomic E-state index is 11.0. The number of esters is 1. The molecule has 0 bridgehead atoms. The maximum Gasteiger partial charge on any atom is 0.358 e. The van der Waals surface area contributed by atoms with E-state index in [-0.39, 0.29) is 12.3 Å². The summed E-state index contributed by atoms with van der Waals surface area (Å²) in [6, 6.07) is 3.16. The summed E-state index contributed by atoms with van der Waals surface area (Å²) in [4.78, 5) is 11.0. The van der Waals surface area contributed by atoms with E-state index in [1.54, 1.807) is 6.07 Å². The Kier molecular flexibility index (Phi) is 4.49. The summed E-state index contributed by atoms with van der Waals surface area (Å²) in [5, 5.41) is 19.0. The zero-order valence-electron chi connectivity index (χ0n) is 8.43. The smallest absolute Gasteiger partial charge is 0.358 e. The normalized spacial score (nSPS) is 9.73. The molecule has 0 spiro atoms. The van der Waals surface area contributed by atoms with Gasteiger partial charge in [0, 0.05) is 13.2 Å². The van der Waals surface area contributed by atoms with Gasteiger partial charge in [-0.2, -0.15) is 0 Å². The predicted molar refractivity (Wildman–Crippen MR) is 53.6 cm³/mol. The Morgan fingerprint density at radius 3 is 2.87 bits per heavy atom. The Bertz CT molecular complexity index is 313. The van der Waals surface area contributed by atoms with Crippen LogP contribution in [0.25, 0.3) is 0 Å². The number of ether oxygens (including phenoxy) is 1. The van der Waals surface area contributed by atoms with Crippen molar-refractivity contribution in [2.24, 2.45) is 0 Å². The van der Waals surface area contributed by atoms with Crippen molar-refractivity contribution in [2.45, 2.75) is 6.42 Å². The van der Waals surface area contributed by atoms with E-state index in [0.29, 0.717) is 18.8 Å². The lowest BCUT2D eigenvalue weighted by atomic mass is 10.4. The van der Waals surface area contributed by atoms with Gasteiger partial charge in [-0.15, -0.1) is 10.2 Å². The van der Waals surface area contributed by atoms with Gasteiger partial charge in [0.15, 0.2) is 5.69 Å². The van der Waals surface area contributed by atoms with Crippen molar-refractivity contribution in [3.8, 4) is 0 Å². The molecule has 0 fully saturated rings. The molecule has 0 aromatic carbocycles. The van der Waals surface area contributed by atoms with Crippen LogP contribution in [-0.2, 0) is 4.74 Å². The van der Waals surface area contributed by atoms with Gasteiger partial charge in [-0.1, -0.05) is 0 Å². The van der Waals surface area contributed by atoms with E-state index < -0.39 is 5.97 Å². The van der Waals surface area contributed by atoms with Crippen molar-refractivity contribution in [2.75, 3.05) is 25.6 Å². The highest BCUT2D eigenvalue weighted by Gasteiger charge is 2.06. The van der Waals surface area contributed by atoms with E-state index >= 15 is 0 Å². The Morgan fingerprint density at radius 1 is 1.53 bits per heavy atom. The van der Waals surface area contributed by atoms with Gasteiger partial charge in [-0.25, -0.2) is 4.79 Å². The third-order valence-corrected chi connectivity index (χ3v) is 1.70. The van der Waals surface area contributed by atoms with Gasteiger partial charge in [0.2, 0.25) is 0 Å². The number of rotatable bonds is 5. The highest BCUT2D eigenvalue weighted by molar-refractivity contribution is 5.86. The molecule has 0 aliphatic heterocycles. The van der Waals surface area contributed by atoms with E-state index in [9.17, 15) is 4.79 Å². The van der Waals surface area contributed by atoms with E-state index in [1.165, 1.54) is 13.2 Å². The topological polar surface area (TPSA) is 84.3 Å². The van der Waals surface area contributed by atoms with Gasteiger partial charge in [-0.3, -0.25) is 0 Å². The molecule has 0 aliphatic rings. The van der Waals surface area contributed by atoms with Crippen molar-refractivity contribution >= 4 is 11.8 Å². The van der Waals surface area contributed by atoms with Crippen LogP contribution in [0.15, 0.2) is 12.1 Å². The van der Waals surface area contributed by atoms with Crippen molar-refractivity contribution in [3.63, 3.8) is 0 Å². The molecule has 0 aliphatic carbocycles. The lowest BCUT2D eigenvalue weighted by Gasteiger charge is -2.03. The van der Waals surface area contributed by atoms with Crippen LogP contribution in [-0.4, -0.2) is 41.5 Å². The van der Waals surface area contributed by atoms with Crippen LogP contribution in [0.2, 0.25) is 0 Å². The van der Waals surface area contributed by atoms with Gasteiger partial charge in [0.05, 0.1) is 7.11 Å². The molecular formula is C9H13N3O3. The molecule has 6 heteroatoms. The summed E-state index contributed by atoms with van der Waals surface area (Å²) in [5.41, 5.74) is 0.171. The van der Waals surface area contributed by atoms with Crippen LogP contribution >= 0.6 is 0 Å². The molecule has 1 rings (SSSR count). The highest BCUT2D eigenvalue weighted by atomic mass is 16.5. The predicted octanol–water partition coefficient (Wildman–Crippen LogP) is 0.0575. The first-order valence-corrected chi connectivity index (χ1v) is 4.54. The molecule has 0 atom stereocenters. The molecule has 0 radical (unpaired) electrons. The lowest BCUT2D eigenvalue weighted by molar-refractivity contribution is 0.0593. The van der Waals surface area contributed by atoms with Crippen LogP contribution in [0.1, 0.15) is 16.9 Å². The number of aliphatic hydroxyl groups is 1. The second-order valence-corrected chi connectivity index (χ2v) is 2.80. The number of methoxy groups -OCH3 is 1. The molecule has 0 saturated carbocycles. The van der Waals surface area contributed by atoms with Crippen molar-refractivity contribution in [3.05, 3.63) is 17.8 Å². The van der Waals surface area contributed by atoms with Gasteiger partial charge in [0.1, 0.15) is 5.82 Å². The molecule has 2 N–H and O–H groups in total. The molecule has 82 valence electrons. The van der Waals surface area contributed by atoms with E-state index in [1.807, 2.05) is 0 Å². The number of anilines is 1. The molecule has 15 heavy (non-hydrogen) atoms. The number of nitrogens with zero attached hydrogens (tertiary/aromatic N) is 2. The number of nitrogens with one attached hydrogen (secondary N) is 1. The van der Waals surface area contributed by atoms with E-state index in [0.717, 1.165) is 0 Å². The second-order valence-electron chi connectivity index (χ2n) is 2.80. The first kappa shape index (κ1) is 11.4. The highest BCUT2D eigenvalue weighted by Crippen LogP contribution is 2.02. The van der Waals surface area contributed by atoms with Crippen LogP contribution < -0.4 is 5.32 Å². The number of aromatic nitrogens is 2. The summed E-state index contributed by atoms with van der Waals surface area (Å²) >= 11 is 0. The fourth-order valence-corrected chi connectivity index (χ4v) is 0.936. The molecule has 0 amide bonds. The quantitative estimate of drug-likeness (QED) is 0.529. The van der Waals surface area contributed by atoms with Gasteiger partial charge in [0.25, 0.3) is 0 Å². The molecule has 0 saturated heterocycles. The molecule has 1 heterocycles. The molecule has 0 unspecified atom stereocenters. The zero-order valence-corrected chi connectivity index (χ0v) is 8.43. The van der Waals surface area contributed by atoms with Crippen LogP contribution in [0.4, 0.5) is 5.82 Å². The average molecular weight is 211 g/mol. The third kappa shape index (κ3) is 3.51. The summed E-state index contributed by atoms with van der Waals surface area (Å²) in [5.74, 6) is 0.0560. The van der Waals surface area contributed by atoms with Gasteiger partial charge >= 0.3 is 5.97 Å². The monoisotopic (exact) mass is 211 g/mol. The van der Waals surface area contributed by atoms with E-state index in [4.69, 9.17) is 5.11 Å². The van der Waals surface area contributed by atoms with Crippen LogP contribution in [0, 0.1) is 0 Å². The van der Waals surface area contributed by atoms with Crippen molar-refractivity contribution < 1.29 is 14.6 Å². The number of hydrogen-bond donors (Lipinski definition) is 2. The Balaban J connectivity index is 2.52. The second kappa shape index (κ2) is 5.92. The standard InChI is InChI=1S/C9H13N3O3/c1-15-9(14)7-3-4-8(12-11-7)10-5-2-6-13/h3-4,13H,2,5-6H2,1H3,(H,10,12). The largest absolute Gasteiger partial charge is 0.464 e. The third-order valence-electron chi connectivity index (χ3n) is 1.70. The van der Waals surface area contributed by atoms with Crippen LogP contribution in [0.3, 0.4) is 0 Å². The lowest BCUT2D eigenvalue weighted by Crippen LogP contribution is -2.09. The number of hydrogen-bond acceptors (Lipinski definition) is 6. The molecule has 1 aromatic rings. The SMILES string of the molecule is COC(=O)c1ccc(NCCCO)nn1. The summed E-state index contributed by atoms with van der Waals surface area (Å²) in [6.45, 7) is 0.740. The fraction of sp³-hybridized carbons (Fsp3) is 0.444. The Hall–Kier alpha value is -1.69. The molecule has 1 aromatic heterocycles. The zero-order chi connectivity index (χ0) is 11.1. The minimum Gasteiger partial charge on any atom is -0.464 e. The number of carbonyl (C=O) groups excluding carboxylic acids is 1. The van der Waals surface area contributed by atoms with Crippen molar-refractivity contribution in [1.29, 1.82) is 0 Å². The Morgan fingerprint density at radius 2 is 2.33 bits per heavy atom. The number of aliphatic hydroxyl groups excluding tert-OH is 1. The summed E-state index contributed by atoms with van der Waals surface area (Å²) in [7, 11) is 1.29. The minimum atomic E-state index is -0.510. The molecule has 6 nitrogen and oxygen atoms in total. The first-order chi connectivity index (χ1) is 7.27. The maximum atomic E-state index is 11.0. The summed E-state index contributed by atoms with van der Waals surface area (Å²) < 4.78 is 4.48. The van der Waals surface area contributed by atoms with Gasteiger partial charge < -0.3 is 15.2 Å². The minimum absolute atomic E-state index is 0.126. The fourth-order valence-electron chi connectivity index (χ4n) is 0.936. The van der Waals surface area contributed by atoms with Crippen LogP contribution in [0.5, 0.6) is 0 Å². The molecular weight excluding hydrogens is 198 g/mol. The van der Waals surface area contributed by atoms with E-state index in [2.05, 4.69) is 20.3 Å². The van der Waals surface area contributed by atoms with Gasteiger partial charge in [-0.05, 0) is 18.6 Å². The van der Waals surface area contributed by atoms with Crippen molar-refractivity contribution in [1.82, 2.24) is 10.2 Å². The average Bonchev–Trinajstić information content (AvgIpc) is 2.29. The Labute approximate surface area is 87.3 Å².